The fourth-order valence-electron chi connectivity index (χ4n) is 2.54. The van der Waals surface area contributed by atoms with Crippen LogP contribution in [0.1, 0.15) is 25.5 Å². The lowest BCUT2D eigenvalue weighted by molar-refractivity contribution is -0.146. The van der Waals surface area contributed by atoms with Crippen molar-refractivity contribution in [2.45, 2.75) is 19.8 Å². The van der Waals surface area contributed by atoms with Crippen LogP contribution in [0.5, 0.6) is 0 Å². The minimum Gasteiger partial charge on any atom is -0.464 e. The van der Waals surface area contributed by atoms with Gasteiger partial charge in [0.15, 0.2) is 0 Å². The van der Waals surface area contributed by atoms with Gasteiger partial charge >= 0.3 is 5.97 Å². The first-order valence-corrected chi connectivity index (χ1v) is 10.4. The maximum absolute atomic E-state index is 12.5. The third-order valence-corrected chi connectivity index (χ3v) is 5.77. The van der Waals surface area contributed by atoms with E-state index >= 15 is 0 Å². The smallest absolute Gasteiger partial charge is 0.326 e. The van der Waals surface area contributed by atoms with Gasteiger partial charge in [-0.2, -0.15) is 0 Å². The number of rotatable bonds is 7. The van der Waals surface area contributed by atoms with Crippen LogP contribution in [0.15, 0.2) is 39.7 Å². The number of carbonyl (C=O) groups excluding carboxylic acids is 3. The van der Waals surface area contributed by atoms with Gasteiger partial charge in [0, 0.05) is 11.6 Å². The lowest BCUT2D eigenvalue weighted by atomic mass is 10.2. The summed E-state index contributed by atoms with van der Waals surface area (Å²) in [7, 11) is 0. The molecule has 2 heterocycles. The van der Waals surface area contributed by atoms with Crippen molar-refractivity contribution in [1.29, 1.82) is 0 Å². The maximum atomic E-state index is 12.5. The minimum absolute atomic E-state index is 0.162. The standard InChI is InChI=1S/C20H17Cl2NO5S/c1-2-3-9-27-17(24)11-23-19(25)16(29-20(23)26)10-12-7-8-15(28-12)13-5-4-6-14(21)18(13)22/h4-8,10H,2-3,9,11H2,1H3/b16-10+. The van der Waals surface area contributed by atoms with E-state index in [1.54, 1.807) is 30.3 Å². The van der Waals surface area contributed by atoms with Crippen LogP contribution < -0.4 is 0 Å². The molecule has 1 aromatic heterocycles. The zero-order valence-corrected chi connectivity index (χ0v) is 17.8. The summed E-state index contributed by atoms with van der Waals surface area (Å²) in [6, 6.07) is 8.52. The summed E-state index contributed by atoms with van der Waals surface area (Å²) in [4.78, 5) is 37.4. The van der Waals surface area contributed by atoms with Gasteiger partial charge in [-0.05, 0) is 42.4 Å². The topological polar surface area (TPSA) is 76.8 Å². The van der Waals surface area contributed by atoms with Gasteiger partial charge < -0.3 is 9.15 Å². The summed E-state index contributed by atoms with van der Waals surface area (Å²) in [5, 5.41) is 0.226. The minimum atomic E-state index is -0.613. The summed E-state index contributed by atoms with van der Waals surface area (Å²) >= 11 is 13.0. The van der Waals surface area contributed by atoms with E-state index in [1.807, 2.05) is 6.92 Å². The molecule has 1 fully saturated rings. The largest absolute Gasteiger partial charge is 0.464 e. The van der Waals surface area contributed by atoms with Crippen LogP contribution in [-0.4, -0.2) is 35.2 Å². The first kappa shape index (κ1) is 21.5. The van der Waals surface area contributed by atoms with Crippen LogP contribution in [0.2, 0.25) is 10.0 Å². The van der Waals surface area contributed by atoms with Crippen molar-refractivity contribution in [1.82, 2.24) is 4.90 Å². The van der Waals surface area contributed by atoms with Gasteiger partial charge in [-0.25, -0.2) is 0 Å². The molecule has 0 saturated carbocycles. The van der Waals surface area contributed by atoms with Crippen LogP contribution in [0, 0.1) is 0 Å². The van der Waals surface area contributed by atoms with Crippen molar-refractivity contribution < 1.29 is 23.5 Å². The highest BCUT2D eigenvalue weighted by atomic mass is 35.5. The number of ether oxygens (including phenoxy) is 1. The van der Waals surface area contributed by atoms with Gasteiger partial charge in [-0.1, -0.05) is 42.6 Å². The number of nitrogens with zero attached hydrogens (tertiary/aromatic N) is 1. The average Bonchev–Trinajstić information content (AvgIpc) is 3.25. The molecule has 0 bridgehead atoms. The van der Waals surface area contributed by atoms with Gasteiger partial charge in [-0.15, -0.1) is 0 Å². The van der Waals surface area contributed by atoms with Crippen LogP contribution in [0.4, 0.5) is 4.79 Å². The molecule has 3 rings (SSSR count). The predicted octanol–water partition coefficient (Wildman–Crippen LogP) is 5.63. The van der Waals surface area contributed by atoms with Crippen molar-refractivity contribution in [2.24, 2.45) is 0 Å². The van der Waals surface area contributed by atoms with Crippen molar-refractivity contribution in [3.8, 4) is 11.3 Å². The van der Waals surface area contributed by atoms with Crippen molar-refractivity contribution in [3.63, 3.8) is 0 Å². The Labute approximate surface area is 181 Å². The van der Waals surface area contributed by atoms with E-state index in [4.69, 9.17) is 32.4 Å². The van der Waals surface area contributed by atoms with E-state index < -0.39 is 23.7 Å². The highest BCUT2D eigenvalue weighted by Crippen LogP contribution is 2.36. The average molecular weight is 454 g/mol. The molecule has 2 aromatic rings. The third-order valence-electron chi connectivity index (χ3n) is 4.04. The Morgan fingerprint density at radius 1 is 1.24 bits per heavy atom. The van der Waals surface area contributed by atoms with Gasteiger partial charge in [0.1, 0.15) is 18.1 Å². The molecule has 1 aliphatic rings. The van der Waals surface area contributed by atoms with E-state index in [2.05, 4.69) is 0 Å². The van der Waals surface area contributed by atoms with Crippen LogP contribution in [0.3, 0.4) is 0 Å². The van der Waals surface area contributed by atoms with Crippen LogP contribution >= 0.6 is 35.0 Å². The lowest BCUT2D eigenvalue weighted by Crippen LogP contribution is -2.34. The van der Waals surface area contributed by atoms with Gasteiger partial charge in [-0.3, -0.25) is 19.3 Å². The molecule has 0 N–H and O–H groups in total. The highest BCUT2D eigenvalue weighted by Gasteiger charge is 2.36. The Morgan fingerprint density at radius 2 is 2.03 bits per heavy atom. The van der Waals surface area contributed by atoms with E-state index in [0.717, 1.165) is 29.5 Å². The Hall–Kier alpha value is -2.22. The van der Waals surface area contributed by atoms with E-state index in [0.29, 0.717) is 27.1 Å². The SMILES string of the molecule is CCCCOC(=O)CN1C(=O)S/C(=C/c2ccc(-c3cccc(Cl)c3Cl)o2)C1=O. The molecule has 1 aromatic carbocycles. The molecule has 0 spiro atoms. The second-order valence-electron chi connectivity index (χ2n) is 6.15. The normalized spacial score (nSPS) is 15.4. The van der Waals surface area contributed by atoms with E-state index in [1.165, 1.54) is 6.08 Å². The van der Waals surface area contributed by atoms with E-state index in [-0.39, 0.29) is 11.5 Å². The summed E-state index contributed by atoms with van der Waals surface area (Å²) in [6.07, 6.45) is 3.06. The molecule has 1 saturated heterocycles. The number of unbranched alkanes of at least 4 members (excludes halogenated alkanes) is 1. The summed E-state index contributed by atoms with van der Waals surface area (Å²) in [5.74, 6) is -0.335. The number of amides is 2. The molecular formula is C20H17Cl2NO5S. The number of thioether (sulfide) groups is 1. The molecule has 2 amide bonds. The van der Waals surface area contributed by atoms with Gasteiger partial charge in [0.05, 0.1) is 21.6 Å². The quantitative estimate of drug-likeness (QED) is 0.307. The molecule has 0 aliphatic carbocycles. The zero-order chi connectivity index (χ0) is 21.0. The first-order chi connectivity index (χ1) is 13.9. The number of hydrogen-bond donors (Lipinski definition) is 0. The van der Waals surface area contributed by atoms with Gasteiger partial charge in [0.25, 0.3) is 11.1 Å². The third kappa shape index (κ3) is 5.04. The van der Waals surface area contributed by atoms with E-state index in [9.17, 15) is 14.4 Å². The number of imide groups is 1. The van der Waals surface area contributed by atoms with Gasteiger partial charge in [0.2, 0.25) is 0 Å². The molecule has 0 radical (unpaired) electrons. The van der Waals surface area contributed by atoms with Crippen molar-refractivity contribution >= 4 is 58.2 Å². The Balaban J connectivity index is 1.72. The molecule has 9 heteroatoms. The summed E-state index contributed by atoms with van der Waals surface area (Å²) in [6.45, 7) is 1.82. The lowest BCUT2D eigenvalue weighted by Gasteiger charge is -2.11. The second-order valence-corrected chi connectivity index (χ2v) is 7.92. The predicted molar refractivity (Wildman–Crippen MR) is 113 cm³/mol. The van der Waals surface area contributed by atoms with Crippen LogP contribution in [-0.2, 0) is 14.3 Å². The molecule has 0 atom stereocenters. The fraction of sp³-hybridized carbons (Fsp3) is 0.250. The molecular weight excluding hydrogens is 437 g/mol. The summed E-state index contributed by atoms with van der Waals surface area (Å²) < 4.78 is 10.7. The second kappa shape index (κ2) is 9.52. The number of furan rings is 1. The Morgan fingerprint density at radius 3 is 2.79 bits per heavy atom. The first-order valence-electron chi connectivity index (χ1n) is 8.86. The molecule has 6 nitrogen and oxygen atoms in total. The molecule has 152 valence electrons. The van der Waals surface area contributed by atoms with Crippen LogP contribution in [0.25, 0.3) is 17.4 Å². The maximum Gasteiger partial charge on any atom is 0.326 e. The number of benzene rings is 1. The number of esters is 1. The Kier molecular flexibility index (Phi) is 7.05. The monoisotopic (exact) mass is 453 g/mol. The van der Waals surface area contributed by atoms with Crippen molar-refractivity contribution in [2.75, 3.05) is 13.2 Å². The Bertz CT molecular complexity index is 985. The number of halogens is 2. The summed E-state index contributed by atoms with van der Waals surface area (Å²) in [5.41, 5.74) is 0.613. The fourth-order valence-corrected chi connectivity index (χ4v) is 3.75. The molecule has 1 aliphatic heterocycles. The van der Waals surface area contributed by atoms with Crippen molar-refractivity contribution in [3.05, 3.63) is 51.0 Å². The zero-order valence-electron chi connectivity index (χ0n) is 15.4. The number of carbonyl (C=O) groups is 3. The molecule has 0 unspecified atom stereocenters. The molecule has 29 heavy (non-hydrogen) atoms. The number of hydrogen-bond acceptors (Lipinski definition) is 6. The highest BCUT2D eigenvalue weighted by molar-refractivity contribution is 8.18.